The van der Waals surface area contributed by atoms with Crippen molar-refractivity contribution in [1.82, 2.24) is 4.98 Å². The third kappa shape index (κ3) is 5.96. The lowest BCUT2D eigenvalue weighted by Crippen LogP contribution is -2.17. The van der Waals surface area contributed by atoms with Gasteiger partial charge in [0.15, 0.2) is 0 Å². The van der Waals surface area contributed by atoms with Crippen LogP contribution in [0.3, 0.4) is 0 Å². The molecule has 0 aliphatic heterocycles. The summed E-state index contributed by atoms with van der Waals surface area (Å²) in [6, 6.07) is 11.3. The number of carbonyl (C=O) groups is 1. The van der Waals surface area contributed by atoms with Crippen LogP contribution >= 0.6 is 0 Å². The van der Waals surface area contributed by atoms with Gasteiger partial charge in [0.1, 0.15) is 24.0 Å². The SMILES string of the molecule is COC(=O)C[C@@H](O)c1cccc(OCc2cc([C@@H]3CCCC3(C)C)c(-c3cc(OC)ncc3F)cc2F)c1. The summed E-state index contributed by atoms with van der Waals surface area (Å²) in [6.07, 6.45) is 2.81. The second-order valence-corrected chi connectivity index (χ2v) is 10.3. The Morgan fingerprint density at radius 1 is 1.13 bits per heavy atom. The van der Waals surface area contributed by atoms with Crippen molar-refractivity contribution in [2.75, 3.05) is 14.2 Å². The number of aromatic nitrogens is 1. The molecule has 1 aliphatic rings. The van der Waals surface area contributed by atoms with Gasteiger partial charge in [0, 0.05) is 17.2 Å². The van der Waals surface area contributed by atoms with Crippen LogP contribution in [-0.2, 0) is 16.1 Å². The Morgan fingerprint density at radius 3 is 2.61 bits per heavy atom. The van der Waals surface area contributed by atoms with Gasteiger partial charge >= 0.3 is 5.97 Å². The predicted octanol–water partition coefficient (Wildman–Crippen LogP) is 6.50. The molecule has 1 heterocycles. The number of hydrogen-bond donors (Lipinski definition) is 1. The zero-order valence-electron chi connectivity index (χ0n) is 22.1. The molecular formula is C30H33F2NO5. The van der Waals surface area contributed by atoms with Gasteiger partial charge in [-0.15, -0.1) is 0 Å². The first kappa shape index (κ1) is 27.5. The maximum atomic E-state index is 15.5. The van der Waals surface area contributed by atoms with E-state index in [9.17, 15) is 14.3 Å². The molecule has 1 fully saturated rings. The number of carbonyl (C=O) groups excluding carboxylic acids is 1. The highest BCUT2D eigenvalue weighted by Gasteiger charge is 2.37. The molecular weight excluding hydrogens is 492 g/mol. The highest BCUT2D eigenvalue weighted by atomic mass is 19.1. The Labute approximate surface area is 221 Å². The van der Waals surface area contributed by atoms with Gasteiger partial charge in [-0.1, -0.05) is 32.4 Å². The number of esters is 1. The van der Waals surface area contributed by atoms with Crippen LogP contribution in [0.4, 0.5) is 8.78 Å². The zero-order chi connectivity index (χ0) is 27.4. The first-order valence-electron chi connectivity index (χ1n) is 12.6. The summed E-state index contributed by atoms with van der Waals surface area (Å²) in [5.41, 5.74) is 2.38. The van der Waals surface area contributed by atoms with Crippen LogP contribution in [0.25, 0.3) is 11.1 Å². The molecule has 1 aromatic heterocycles. The minimum absolute atomic E-state index is 0.0393. The average molecular weight is 526 g/mol. The van der Waals surface area contributed by atoms with E-state index in [1.807, 2.05) is 0 Å². The standard InChI is InChI=1S/C30H33F2NO5/c1-30(2)10-6-9-24(30)22-12-19(25(31)13-21(22)23-14-28(36-3)33-16-26(23)32)17-38-20-8-5-7-18(11-20)27(34)15-29(35)37-4/h5,7-8,11-14,16,24,27,34H,6,9-10,15,17H2,1-4H3/t24-,27+/m0/s1. The summed E-state index contributed by atoms with van der Waals surface area (Å²) < 4.78 is 46.1. The average Bonchev–Trinajstić information content (AvgIpc) is 3.26. The van der Waals surface area contributed by atoms with E-state index >= 15 is 4.39 Å². The summed E-state index contributed by atoms with van der Waals surface area (Å²) in [5, 5.41) is 10.3. The van der Waals surface area contributed by atoms with Crippen LogP contribution in [0.5, 0.6) is 11.6 Å². The van der Waals surface area contributed by atoms with Crippen molar-refractivity contribution in [2.45, 2.75) is 58.2 Å². The maximum Gasteiger partial charge on any atom is 0.308 e. The van der Waals surface area contributed by atoms with E-state index < -0.39 is 23.7 Å². The van der Waals surface area contributed by atoms with Gasteiger partial charge in [-0.25, -0.2) is 13.8 Å². The minimum atomic E-state index is -1.05. The van der Waals surface area contributed by atoms with E-state index in [0.29, 0.717) is 22.4 Å². The molecule has 3 aromatic rings. The maximum absolute atomic E-state index is 15.5. The van der Waals surface area contributed by atoms with Crippen molar-refractivity contribution in [2.24, 2.45) is 5.41 Å². The topological polar surface area (TPSA) is 77.9 Å². The molecule has 8 heteroatoms. The van der Waals surface area contributed by atoms with E-state index in [2.05, 4.69) is 23.6 Å². The largest absolute Gasteiger partial charge is 0.489 e. The van der Waals surface area contributed by atoms with Crippen molar-refractivity contribution < 1.29 is 32.9 Å². The third-order valence-electron chi connectivity index (χ3n) is 7.41. The van der Waals surface area contributed by atoms with Crippen molar-refractivity contribution in [3.63, 3.8) is 0 Å². The Bertz CT molecular complexity index is 1310. The zero-order valence-corrected chi connectivity index (χ0v) is 22.1. The van der Waals surface area contributed by atoms with Gasteiger partial charge in [-0.3, -0.25) is 4.79 Å². The smallest absolute Gasteiger partial charge is 0.308 e. The number of hydrogen-bond acceptors (Lipinski definition) is 6. The first-order chi connectivity index (χ1) is 18.1. The normalized spacial score (nSPS) is 17.2. The fourth-order valence-corrected chi connectivity index (χ4v) is 5.24. The van der Waals surface area contributed by atoms with Gasteiger partial charge in [0.2, 0.25) is 5.88 Å². The third-order valence-corrected chi connectivity index (χ3v) is 7.41. The molecule has 202 valence electrons. The van der Waals surface area contributed by atoms with Crippen LogP contribution in [0.15, 0.2) is 48.7 Å². The van der Waals surface area contributed by atoms with E-state index in [1.54, 1.807) is 30.3 Å². The van der Waals surface area contributed by atoms with Crippen molar-refractivity contribution in [3.8, 4) is 22.8 Å². The molecule has 4 rings (SSSR count). The van der Waals surface area contributed by atoms with Gasteiger partial charge in [0.25, 0.3) is 0 Å². The van der Waals surface area contributed by atoms with E-state index in [1.165, 1.54) is 26.4 Å². The second-order valence-electron chi connectivity index (χ2n) is 10.3. The number of rotatable bonds is 9. The molecule has 0 saturated heterocycles. The number of methoxy groups -OCH3 is 2. The Hall–Kier alpha value is -3.52. The molecule has 2 aromatic carbocycles. The molecule has 38 heavy (non-hydrogen) atoms. The second kappa shape index (κ2) is 11.5. The number of nitrogens with zero attached hydrogens (tertiary/aromatic N) is 1. The van der Waals surface area contributed by atoms with Crippen molar-refractivity contribution in [3.05, 3.63) is 77.0 Å². The number of aliphatic hydroxyl groups excluding tert-OH is 1. The number of pyridine rings is 1. The summed E-state index contributed by atoms with van der Waals surface area (Å²) in [6.45, 7) is 4.30. The number of ether oxygens (including phenoxy) is 3. The molecule has 0 radical (unpaired) electrons. The molecule has 1 saturated carbocycles. The number of aliphatic hydroxyl groups is 1. The van der Waals surface area contributed by atoms with Crippen LogP contribution in [0.2, 0.25) is 0 Å². The fraction of sp³-hybridized carbons (Fsp3) is 0.400. The van der Waals surface area contributed by atoms with Crippen LogP contribution in [-0.4, -0.2) is 30.3 Å². The van der Waals surface area contributed by atoms with E-state index in [4.69, 9.17) is 9.47 Å². The van der Waals surface area contributed by atoms with Gasteiger partial charge in [-0.05, 0) is 65.1 Å². The van der Waals surface area contributed by atoms with E-state index in [-0.39, 0.29) is 35.8 Å². The van der Waals surface area contributed by atoms with Gasteiger partial charge < -0.3 is 19.3 Å². The molecule has 0 spiro atoms. The van der Waals surface area contributed by atoms with Crippen molar-refractivity contribution >= 4 is 5.97 Å². The number of benzene rings is 2. The highest BCUT2D eigenvalue weighted by Crippen LogP contribution is 2.51. The monoisotopic (exact) mass is 525 g/mol. The van der Waals surface area contributed by atoms with Crippen molar-refractivity contribution in [1.29, 1.82) is 0 Å². The Morgan fingerprint density at radius 2 is 1.92 bits per heavy atom. The molecule has 1 aliphatic carbocycles. The van der Waals surface area contributed by atoms with E-state index in [0.717, 1.165) is 31.0 Å². The summed E-state index contributed by atoms with van der Waals surface area (Å²) >= 11 is 0. The van der Waals surface area contributed by atoms with Crippen LogP contribution in [0.1, 0.15) is 68.2 Å². The van der Waals surface area contributed by atoms with Gasteiger partial charge in [-0.2, -0.15) is 0 Å². The van der Waals surface area contributed by atoms with Crippen LogP contribution in [0, 0.1) is 17.0 Å². The minimum Gasteiger partial charge on any atom is -0.489 e. The summed E-state index contributed by atoms with van der Waals surface area (Å²) in [7, 11) is 2.71. The molecule has 6 nitrogen and oxygen atoms in total. The van der Waals surface area contributed by atoms with Gasteiger partial charge in [0.05, 0.1) is 32.9 Å². The predicted molar refractivity (Wildman–Crippen MR) is 139 cm³/mol. The van der Waals surface area contributed by atoms with Crippen LogP contribution < -0.4 is 9.47 Å². The number of halogens is 2. The quantitative estimate of drug-likeness (QED) is 0.321. The lowest BCUT2D eigenvalue weighted by Gasteiger charge is -2.30. The Kier molecular flexibility index (Phi) is 8.31. The Balaban J connectivity index is 1.67. The molecule has 0 bridgehead atoms. The molecule has 0 unspecified atom stereocenters. The molecule has 2 atom stereocenters. The summed E-state index contributed by atoms with van der Waals surface area (Å²) in [4.78, 5) is 15.4. The summed E-state index contributed by atoms with van der Waals surface area (Å²) in [5.74, 6) is -0.823. The first-order valence-corrected chi connectivity index (χ1v) is 12.6. The fourth-order valence-electron chi connectivity index (χ4n) is 5.24. The molecule has 1 N–H and O–H groups in total. The lowest BCUT2D eigenvalue weighted by atomic mass is 9.75. The lowest BCUT2D eigenvalue weighted by molar-refractivity contribution is -0.142. The highest BCUT2D eigenvalue weighted by molar-refractivity contribution is 5.71. The molecule has 0 amide bonds.